The molecule has 21 heavy (non-hydrogen) atoms. The van der Waals surface area contributed by atoms with Gasteiger partial charge >= 0.3 is 0 Å². The van der Waals surface area contributed by atoms with E-state index in [2.05, 4.69) is 15.0 Å². The molecule has 110 valence electrons. The van der Waals surface area contributed by atoms with Crippen LogP contribution in [0.1, 0.15) is 12.8 Å². The van der Waals surface area contributed by atoms with Crippen molar-refractivity contribution in [3.63, 3.8) is 0 Å². The molecular formula is C14H14ClFN4O. The summed E-state index contributed by atoms with van der Waals surface area (Å²) in [5.41, 5.74) is 0.309. The fourth-order valence-electron chi connectivity index (χ4n) is 2.42. The molecule has 0 bridgehead atoms. The zero-order valence-electron chi connectivity index (χ0n) is 11.2. The summed E-state index contributed by atoms with van der Waals surface area (Å²) in [6.45, 7) is 0.859. The lowest BCUT2D eigenvalue weighted by Crippen LogP contribution is -2.38. The average Bonchev–Trinajstić information content (AvgIpc) is 2.51. The van der Waals surface area contributed by atoms with Crippen LogP contribution < -0.4 is 10.5 Å². The second-order valence-corrected chi connectivity index (χ2v) is 5.35. The Morgan fingerprint density at radius 1 is 1.38 bits per heavy atom. The van der Waals surface area contributed by atoms with Crippen LogP contribution in [0, 0.1) is 0 Å². The third-order valence-electron chi connectivity index (χ3n) is 3.46. The molecular weight excluding hydrogens is 295 g/mol. The fourth-order valence-corrected chi connectivity index (χ4v) is 2.63. The first kappa shape index (κ1) is 14.0. The third-order valence-corrected chi connectivity index (χ3v) is 3.80. The molecule has 1 atom stereocenters. The standard InChI is InChI=1S/C14H14ClFN4O/c15-11-13(20-7-1-2-10(16)8-20)18-12(19-14(11)21)9-3-5-17-6-4-9/h3-6,10H,1-2,7-8H2,(H,18,19,21). The molecule has 5 nitrogen and oxygen atoms in total. The lowest BCUT2D eigenvalue weighted by atomic mass is 10.1. The molecule has 0 radical (unpaired) electrons. The van der Waals surface area contributed by atoms with Gasteiger partial charge in [0.25, 0.3) is 5.56 Å². The predicted molar refractivity (Wildman–Crippen MR) is 79.4 cm³/mol. The quantitative estimate of drug-likeness (QED) is 0.925. The van der Waals surface area contributed by atoms with E-state index in [0.717, 1.165) is 12.0 Å². The molecule has 1 unspecified atom stereocenters. The molecule has 1 N–H and O–H groups in total. The highest BCUT2D eigenvalue weighted by atomic mass is 35.5. The van der Waals surface area contributed by atoms with Gasteiger partial charge in [0.2, 0.25) is 0 Å². The zero-order valence-corrected chi connectivity index (χ0v) is 12.0. The Hall–Kier alpha value is -1.95. The minimum atomic E-state index is -0.916. The predicted octanol–water partition coefficient (Wildman–Crippen LogP) is 2.42. The van der Waals surface area contributed by atoms with Gasteiger partial charge in [-0.05, 0) is 25.0 Å². The van der Waals surface area contributed by atoms with Crippen molar-refractivity contribution in [1.82, 2.24) is 15.0 Å². The third kappa shape index (κ3) is 2.90. The van der Waals surface area contributed by atoms with Gasteiger partial charge in [-0.15, -0.1) is 0 Å². The topological polar surface area (TPSA) is 61.9 Å². The number of nitrogens with one attached hydrogen (secondary N) is 1. The number of alkyl halides is 1. The number of hydrogen-bond donors (Lipinski definition) is 1. The largest absolute Gasteiger partial charge is 0.352 e. The van der Waals surface area contributed by atoms with E-state index in [1.165, 1.54) is 0 Å². The lowest BCUT2D eigenvalue weighted by molar-refractivity contribution is 0.286. The maximum absolute atomic E-state index is 13.6. The van der Waals surface area contributed by atoms with Gasteiger partial charge in [-0.2, -0.15) is 0 Å². The summed E-state index contributed by atoms with van der Waals surface area (Å²) in [4.78, 5) is 24.7. The van der Waals surface area contributed by atoms with Crippen LogP contribution >= 0.6 is 11.6 Å². The van der Waals surface area contributed by atoms with E-state index in [0.29, 0.717) is 24.6 Å². The van der Waals surface area contributed by atoms with Gasteiger partial charge < -0.3 is 9.88 Å². The van der Waals surface area contributed by atoms with Gasteiger partial charge in [0.1, 0.15) is 17.0 Å². The lowest BCUT2D eigenvalue weighted by Gasteiger charge is -2.30. The van der Waals surface area contributed by atoms with Crippen molar-refractivity contribution in [2.24, 2.45) is 0 Å². The Kier molecular flexibility index (Phi) is 3.88. The molecule has 1 aliphatic rings. The van der Waals surface area contributed by atoms with Crippen LogP contribution in [-0.2, 0) is 0 Å². The first-order valence-corrected chi connectivity index (χ1v) is 7.12. The van der Waals surface area contributed by atoms with Crippen LogP contribution in [0.5, 0.6) is 0 Å². The first-order valence-electron chi connectivity index (χ1n) is 6.74. The van der Waals surface area contributed by atoms with Crippen molar-refractivity contribution >= 4 is 17.4 Å². The summed E-state index contributed by atoms with van der Waals surface area (Å²) >= 11 is 6.05. The normalized spacial score (nSPS) is 18.8. The number of halogens is 2. The smallest absolute Gasteiger partial charge is 0.272 e. The second kappa shape index (κ2) is 5.81. The van der Waals surface area contributed by atoms with Gasteiger partial charge in [-0.1, -0.05) is 11.6 Å². The molecule has 0 amide bonds. The van der Waals surface area contributed by atoms with E-state index in [9.17, 15) is 9.18 Å². The van der Waals surface area contributed by atoms with Gasteiger partial charge in [-0.3, -0.25) is 9.78 Å². The van der Waals surface area contributed by atoms with Crippen molar-refractivity contribution in [2.45, 2.75) is 19.0 Å². The van der Waals surface area contributed by atoms with E-state index < -0.39 is 11.7 Å². The molecule has 3 heterocycles. The Balaban J connectivity index is 2.04. The molecule has 1 saturated heterocycles. The highest BCUT2D eigenvalue weighted by Crippen LogP contribution is 2.26. The molecule has 0 aliphatic carbocycles. The van der Waals surface area contributed by atoms with Crippen LogP contribution in [-0.4, -0.2) is 34.2 Å². The Morgan fingerprint density at radius 2 is 2.14 bits per heavy atom. The number of hydrogen-bond acceptors (Lipinski definition) is 4. The highest BCUT2D eigenvalue weighted by Gasteiger charge is 2.24. The maximum atomic E-state index is 13.6. The van der Waals surface area contributed by atoms with Gasteiger partial charge in [0, 0.05) is 24.5 Å². The van der Waals surface area contributed by atoms with E-state index in [4.69, 9.17) is 11.6 Å². The molecule has 0 aromatic carbocycles. The summed E-state index contributed by atoms with van der Waals surface area (Å²) < 4.78 is 13.6. The number of nitrogens with zero attached hydrogens (tertiary/aromatic N) is 3. The Labute approximate surface area is 125 Å². The van der Waals surface area contributed by atoms with Crippen LogP contribution in [0.4, 0.5) is 10.2 Å². The average molecular weight is 309 g/mol. The number of aromatic amines is 1. The molecule has 3 rings (SSSR count). The minimum absolute atomic E-state index is 0.00176. The van der Waals surface area contributed by atoms with Crippen LogP contribution in [0.25, 0.3) is 11.4 Å². The SMILES string of the molecule is O=c1[nH]c(-c2ccncc2)nc(N2CCCC(F)C2)c1Cl. The summed E-state index contributed by atoms with van der Waals surface area (Å²) in [7, 11) is 0. The number of pyridine rings is 1. The van der Waals surface area contributed by atoms with Crippen LogP contribution in [0.3, 0.4) is 0 Å². The second-order valence-electron chi connectivity index (χ2n) is 4.97. The fraction of sp³-hybridized carbons (Fsp3) is 0.357. The highest BCUT2D eigenvalue weighted by molar-refractivity contribution is 6.32. The maximum Gasteiger partial charge on any atom is 0.272 e. The number of aromatic nitrogens is 3. The molecule has 0 saturated carbocycles. The summed E-state index contributed by atoms with van der Waals surface area (Å²) in [6.07, 6.45) is 3.57. The molecule has 1 fully saturated rings. The van der Waals surface area contributed by atoms with E-state index in [1.54, 1.807) is 29.4 Å². The van der Waals surface area contributed by atoms with E-state index in [-0.39, 0.29) is 11.6 Å². The Morgan fingerprint density at radius 3 is 2.86 bits per heavy atom. The summed E-state index contributed by atoms with van der Waals surface area (Å²) in [5, 5.41) is 0.00176. The van der Waals surface area contributed by atoms with Crippen molar-refractivity contribution in [3.05, 3.63) is 39.9 Å². The van der Waals surface area contributed by atoms with Gasteiger partial charge in [0.05, 0.1) is 6.54 Å². The van der Waals surface area contributed by atoms with Gasteiger partial charge in [0.15, 0.2) is 5.82 Å². The number of H-pyrrole nitrogens is 1. The van der Waals surface area contributed by atoms with Crippen molar-refractivity contribution < 1.29 is 4.39 Å². The van der Waals surface area contributed by atoms with Crippen LogP contribution in [0.2, 0.25) is 5.02 Å². The number of anilines is 1. The molecule has 7 heteroatoms. The van der Waals surface area contributed by atoms with Crippen molar-refractivity contribution in [1.29, 1.82) is 0 Å². The van der Waals surface area contributed by atoms with Crippen LogP contribution in [0.15, 0.2) is 29.3 Å². The molecule has 2 aromatic heterocycles. The van der Waals surface area contributed by atoms with E-state index >= 15 is 0 Å². The molecule has 1 aliphatic heterocycles. The Bertz CT molecular complexity index is 691. The summed E-state index contributed by atoms with van der Waals surface area (Å²) in [6, 6.07) is 3.48. The van der Waals surface area contributed by atoms with Crippen molar-refractivity contribution in [3.8, 4) is 11.4 Å². The summed E-state index contributed by atoms with van der Waals surface area (Å²) in [5.74, 6) is 0.748. The minimum Gasteiger partial charge on any atom is -0.352 e. The van der Waals surface area contributed by atoms with Gasteiger partial charge in [-0.25, -0.2) is 9.37 Å². The number of piperidine rings is 1. The monoisotopic (exact) mass is 308 g/mol. The molecule has 2 aromatic rings. The van der Waals surface area contributed by atoms with E-state index in [1.807, 2.05) is 0 Å². The van der Waals surface area contributed by atoms with Crippen molar-refractivity contribution in [2.75, 3.05) is 18.0 Å². The first-order chi connectivity index (χ1) is 10.1. The zero-order chi connectivity index (χ0) is 14.8. The number of rotatable bonds is 2. The molecule has 0 spiro atoms.